The van der Waals surface area contributed by atoms with Crippen molar-refractivity contribution in [3.63, 3.8) is 0 Å². The monoisotopic (exact) mass is 451 g/mol. The van der Waals surface area contributed by atoms with E-state index < -0.39 is 17.6 Å². The number of likely N-dealkylation sites (N-methyl/N-ethyl adjacent to an activating group) is 1. The number of halogens is 4. The molecule has 2 aromatic carbocycles. The van der Waals surface area contributed by atoms with Gasteiger partial charge in [-0.1, -0.05) is 41.9 Å². The van der Waals surface area contributed by atoms with Crippen molar-refractivity contribution < 1.29 is 18.0 Å². The van der Waals surface area contributed by atoms with Gasteiger partial charge in [-0.25, -0.2) is 0 Å². The van der Waals surface area contributed by atoms with E-state index in [2.05, 4.69) is 22.2 Å². The van der Waals surface area contributed by atoms with Gasteiger partial charge < -0.3 is 10.2 Å². The number of piperazine rings is 1. The van der Waals surface area contributed by atoms with E-state index in [1.54, 1.807) is 0 Å². The Kier molecular flexibility index (Phi) is 7.75. The van der Waals surface area contributed by atoms with Crippen molar-refractivity contribution in [2.24, 2.45) is 0 Å². The summed E-state index contributed by atoms with van der Waals surface area (Å²) < 4.78 is 38.9. The van der Waals surface area contributed by atoms with Crippen LogP contribution in [0.25, 0.3) is 6.08 Å². The lowest BCUT2D eigenvalue weighted by atomic mass is 10.1. The van der Waals surface area contributed by atoms with E-state index in [9.17, 15) is 18.0 Å². The second kappa shape index (κ2) is 10.3. The average Bonchev–Trinajstić information content (AvgIpc) is 2.74. The van der Waals surface area contributed by atoms with Gasteiger partial charge in [-0.2, -0.15) is 13.2 Å². The fraction of sp³-hybridized carbons (Fsp3) is 0.348. The molecule has 1 saturated heterocycles. The summed E-state index contributed by atoms with van der Waals surface area (Å²) >= 11 is 6.01. The summed E-state index contributed by atoms with van der Waals surface area (Å²) in [5.41, 5.74) is 0.302. The summed E-state index contributed by atoms with van der Waals surface area (Å²) in [6.07, 6.45) is -1.94. The molecule has 1 N–H and O–H groups in total. The predicted octanol–water partition coefficient (Wildman–Crippen LogP) is 4.48. The Labute approximate surface area is 185 Å². The first-order valence-electron chi connectivity index (χ1n) is 10.0. The predicted molar refractivity (Wildman–Crippen MR) is 117 cm³/mol. The first-order chi connectivity index (χ1) is 14.7. The van der Waals surface area contributed by atoms with Crippen LogP contribution in [0.2, 0.25) is 5.02 Å². The number of rotatable bonds is 6. The second-order valence-electron chi connectivity index (χ2n) is 7.64. The summed E-state index contributed by atoms with van der Waals surface area (Å²) in [4.78, 5) is 17.2. The second-order valence-corrected chi connectivity index (χ2v) is 8.05. The lowest BCUT2D eigenvalue weighted by Crippen LogP contribution is -2.47. The largest absolute Gasteiger partial charge is 0.416 e. The number of carbonyl (C=O) groups excluding carboxylic acids is 1. The molecule has 1 heterocycles. The average molecular weight is 452 g/mol. The maximum absolute atomic E-state index is 13.0. The highest BCUT2D eigenvalue weighted by Crippen LogP contribution is 2.32. The fourth-order valence-corrected chi connectivity index (χ4v) is 3.62. The summed E-state index contributed by atoms with van der Waals surface area (Å²) in [5.74, 6) is -0.392. The van der Waals surface area contributed by atoms with Gasteiger partial charge in [0.1, 0.15) is 0 Å². The van der Waals surface area contributed by atoms with Crippen LogP contribution in [-0.4, -0.2) is 55.5 Å². The number of hydrogen-bond donors (Lipinski definition) is 1. The smallest absolute Gasteiger partial charge is 0.344 e. The summed E-state index contributed by atoms with van der Waals surface area (Å²) in [6, 6.07) is 12.4. The molecule has 0 aromatic heterocycles. The van der Waals surface area contributed by atoms with Crippen LogP contribution in [0.1, 0.15) is 22.7 Å². The Morgan fingerprint density at radius 2 is 1.81 bits per heavy atom. The molecule has 0 aliphatic carbocycles. The van der Waals surface area contributed by atoms with Gasteiger partial charge in [0.05, 0.1) is 11.6 Å². The molecule has 8 heteroatoms. The van der Waals surface area contributed by atoms with Gasteiger partial charge in [0.2, 0.25) is 5.91 Å². The first kappa shape index (κ1) is 23.3. The van der Waals surface area contributed by atoms with E-state index >= 15 is 0 Å². The van der Waals surface area contributed by atoms with Crippen LogP contribution in [0.3, 0.4) is 0 Å². The van der Waals surface area contributed by atoms with Crippen LogP contribution in [0.15, 0.2) is 54.6 Å². The van der Waals surface area contributed by atoms with Gasteiger partial charge in [0.25, 0.3) is 0 Å². The molecule has 1 fully saturated rings. The molecule has 4 nitrogen and oxygen atoms in total. The highest BCUT2D eigenvalue weighted by atomic mass is 35.5. The minimum Gasteiger partial charge on any atom is -0.344 e. The highest BCUT2D eigenvalue weighted by molar-refractivity contribution is 6.32. The van der Waals surface area contributed by atoms with Gasteiger partial charge in [-0.3, -0.25) is 9.69 Å². The molecule has 0 bridgehead atoms. The molecule has 3 rings (SSSR count). The molecule has 1 atom stereocenters. The normalized spacial score (nSPS) is 17.1. The van der Waals surface area contributed by atoms with E-state index in [1.165, 1.54) is 18.2 Å². The van der Waals surface area contributed by atoms with Crippen molar-refractivity contribution in [2.75, 3.05) is 39.8 Å². The van der Waals surface area contributed by atoms with Crippen molar-refractivity contribution in [3.8, 4) is 0 Å². The number of amides is 1. The van der Waals surface area contributed by atoms with Gasteiger partial charge in [-0.05, 0) is 42.4 Å². The Bertz CT molecular complexity index is 910. The van der Waals surface area contributed by atoms with Crippen molar-refractivity contribution in [1.82, 2.24) is 15.1 Å². The van der Waals surface area contributed by atoms with Crippen LogP contribution in [-0.2, 0) is 11.0 Å². The lowest BCUT2D eigenvalue weighted by Gasteiger charge is -2.34. The number of carbonyl (C=O) groups is 1. The van der Waals surface area contributed by atoms with E-state index in [0.29, 0.717) is 6.54 Å². The van der Waals surface area contributed by atoms with Crippen LogP contribution < -0.4 is 5.32 Å². The van der Waals surface area contributed by atoms with Crippen LogP contribution in [0, 0.1) is 0 Å². The molecule has 1 aliphatic heterocycles. The minimum absolute atomic E-state index is 0.141. The topological polar surface area (TPSA) is 35.6 Å². The Hall–Kier alpha value is -2.35. The number of hydrogen-bond acceptors (Lipinski definition) is 3. The third-order valence-corrected chi connectivity index (χ3v) is 5.64. The lowest BCUT2D eigenvalue weighted by molar-refractivity contribution is -0.137. The van der Waals surface area contributed by atoms with Gasteiger partial charge in [-0.15, -0.1) is 0 Å². The molecule has 1 amide bonds. The van der Waals surface area contributed by atoms with E-state index in [1.807, 2.05) is 30.3 Å². The van der Waals surface area contributed by atoms with Crippen molar-refractivity contribution in [1.29, 1.82) is 0 Å². The maximum Gasteiger partial charge on any atom is 0.416 e. The summed E-state index contributed by atoms with van der Waals surface area (Å²) in [6.45, 7) is 4.39. The van der Waals surface area contributed by atoms with Crippen LogP contribution in [0.5, 0.6) is 0 Å². The van der Waals surface area contributed by atoms with Crippen LogP contribution >= 0.6 is 11.6 Å². The van der Waals surface area contributed by atoms with Gasteiger partial charge >= 0.3 is 6.18 Å². The third-order valence-electron chi connectivity index (χ3n) is 5.29. The molecule has 0 saturated carbocycles. The minimum atomic E-state index is -4.48. The molecule has 0 radical (unpaired) electrons. The fourth-order valence-electron chi connectivity index (χ4n) is 3.44. The van der Waals surface area contributed by atoms with Gasteiger partial charge in [0.15, 0.2) is 0 Å². The zero-order valence-corrected chi connectivity index (χ0v) is 18.0. The SMILES string of the molecule is CN1CCN(CC(NC(=O)/C=C/c2cc(C(F)(F)F)ccc2Cl)c2ccccc2)CC1. The number of benzene rings is 2. The van der Waals surface area contributed by atoms with Crippen LogP contribution in [0.4, 0.5) is 13.2 Å². The first-order valence-corrected chi connectivity index (χ1v) is 10.4. The van der Waals surface area contributed by atoms with Crippen molar-refractivity contribution in [2.45, 2.75) is 12.2 Å². The Morgan fingerprint density at radius 1 is 1.13 bits per heavy atom. The highest BCUT2D eigenvalue weighted by Gasteiger charge is 2.30. The van der Waals surface area contributed by atoms with Crippen molar-refractivity contribution in [3.05, 3.63) is 76.3 Å². The van der Waals surface area contributed by atoms with E-state index in [0.717, 1.165) is 43.9 Å². The number of alkyl halides is 3. The summed E-state index contributed by atoms with van der Waals surface area (Å²) in [5, 5.41) is 3.13. The molecule has 1 aliphatic rings. The standard InChI is InChI=1S/C23H25ClF3N3O/c1-29-11-13-30(14-12-29)16-21(17-5-3-2-4-6-17)28-22(31)10-7-18-15-19(23(25,26)27)8-9-20(18)24/h2-10,15,21H,11-14,16H2,1H3,(H,28,31)/b10-7+. The molecule has 166 valence electrons. The van der Waals surface area contributed by atoms with Crippen molar-refractivity contribution >= 4 is 23.6 Å². The molecule has 1 unspecified atom stereocenters. The van der Waals surface area contributed by atoms with E-state index in [-0.39, 0.29) is 16.6 Å². The quantitative estimate of drug-likeness (QED) is 0.658. The molecule has 2 aromatic rings. The Morgan fingerprint density at radius 3 is 2.45 bits per heavy atom. The molecular formula is C23H25ClF3N3O. The van der Waals surface area contributed by atoms with Gasteiger partial charge in [0, 0.05) is 43.8 Å². The zero-order chi connectivity index (χ0) is 22.4. The zero-order valence-electron chi connectivity index (χ0n) is 17.2. The Balaban J connectivity index is 1.72. The third kappa shape index (κ3) is 6.82. The summed E-state index contributed by atoms with van der Waals surface area (Å²) in [7, 11) is 2.08. The maximum atomic E-state index is 13.0. The number of nitrogens with one attached hydrogen (secondary N) is 1. The molecule has 31 heavy (non-hydrogen) atoms. The molecule has 0 spiro atoms. The van der Waals surface area contributed by atoms with E-state index in [4.69, 9.17) is 11.6 Å². The number of nitrogens with zero attached hydrogens (tertiary/aromatic N) is 2. The molecular weight excluding hydrogens is 427 g/mol.